The lowest BCUT2D eigenvalue weighted by Crippen LogP contribution is -1.96. The number of aromatic carboxylic acids is 2. The predicted molar refractivity (Wildman–Crippen MR) is 195 cm³/mol. The van der Waals surface area contributed by atoms with Crippen LogP contribution in [0.5, 0.6) is 5.75 Å². The number of rotatable bonds is 5. The molecule has 0 fully saturated rings. The van der Waals surface area contributed by atoms with E-state index in [1.807, 2.05) is 25.1 Å². The van der Waals surface area contributed by atoms with Crippen molar-refractivity contribution in [3.63, 3.8) is 0 Å². The molecule has 6 aromatic rings. The highest BCUT2D eigenvalue weighted by atomic mass is 35.5. The van der Waals surface area contributed by atoms with E-state index in [0.717, 1.165) is 16.7 Å². The number of aromatic hydroxyl groups is 1. The molecule has 0 unspecified atom stereocenters. The Morgan fingerprint density at radius 3 is 1.82 bits per heavy atom. The molecule has 0 saturated heterocycles. The van der Waals surface area contributed by atoms with E-state index in [1.165, 1.54) is 36.5 Å². The van der Waals surface area contributed by atoms with Crippen molar-refractivity contribution in [2.45, 2.75) is 20.0 Å². The number of pyridine rings is 2. The molecular formula is C36H27Cl3N6O6. The Morgan fingerprint density at radius 1 is 0.784 bits per heavy atom. The van der Waals surface area contributed by atoms with Crippen LogP contribution in [0.1, 0.15) is 37.4 Å². The van der Waals surface area contributed by atoms with Gasteiger partial charge in [-0.05, 0) is 85.3 Å². The number of fused-ring (bicyclic) bond motifs is 1. The van der Waals surface area contributed by atoms with Gasteiger partial charge in [0.15, 0.2) is 22.8 Å². The van der Waals surface area contributed by atoms with E-state index in [4.69, 9.17) is 73.4 Å². The van der Waals surface area contributed by atoms with E-state index in [1.54, 1.807) is 36.5 Å². The molecular weight excluding hydrogens is 719 g/mol. The first-order valence-corrected chi connectivity index (χ1v) is 15.5. The van der Waals surface area contributed by atoms with Crippen molar-refractivity contribution in [1.82, 2.24) is 15.0 Å². The van der Waals surface area contributed by atoms with Crippen molar-refractivity contribution in [2.24, 2.45) is 0 Å². The van der Waals surface area contributed by atoms with Gasteiger partial charge >= 0.3 is 11.9 Å². The van der Waals surface area contributed by atoms with E-state index in [-0.39, 0.29) is 35.8 Å². The largest absolute Gasteiger partial charge is 0.504 e. The van der Waals surface area contributed by atoms with Gasteiger partial charge in [-0.2, -0.15) is 4.98 Å². The van der Waals surface area contributed by atoms with Crippen LogP contribution in [-0.2, 0) is 13.1 Å². The Labute approximate surface area is 307 Å². The normalized spacial score (nSPS) is 9.76. The molecule has 0 aliphatic carbocycles. The van der Waals surface area contributed by atoms with Crippen LogP contribution in [0.3, 0.4) is 0 Å². The molecule has 0 amide bonds. The molecule has 0 saturated carbocycles. The highest BCUT2D eigenvalue weighted by Crippen LogP contribution is 2.28. The summed E-state index contributed by atoms with van der Waals surface area (Å²) < 4.78 is 5.62. The molecule has 12 nitrogen and oxygen atoms in total. The molecule has 0 radical (unpaired) electrons. The van der Waals surface area contributed by atoms with Crippen molar-refractivity contribution in [1.29, 1.82) is 0 Å². The number of benzene rings is 3. The number of halogens is 3. The molecule has 3 aromatic heterocycles. The monoisotopic (exact) mass is 744 g/mol. The Bertz CT molecular complexity index is 2190. The first-order chi connectivity index (χ1) is 24.3. The standard InChI is InChI=1S/C14H8ClN3O.C9H6ClNO2.C8H7ClO2.C5H6N2O/c1-16-8-10-5-4-9(7-11(10)15)14-18-13-12(19-14)3-2-6-17-13;1-11-5-7-3-2-6(9(12)13)4-8(7)10;1-5-2-3-6(8(10)11)4-7(5)9;6-5-4(8)2-1-3-7-5/h2-7H,8H2;2-4H,5H2,(H,12,13);2-4H,1H3,(H,10,11);1-3,8H,(H2,6,7). The quantitative estimate of drug-likeness (QED) is 0.124. The first-order valence-electron chi connectivity index (χ1n) is 14.4. The number of nitrogens with two attached hydrogens (primary N) is 1. The summed E-state index contributed by atoms with van der Waals surface area (Å²) in [5.74, 6) is -1.28. The summed E-state index contributed by atoms with van der Waals surface area (Å²) in [4.78, 5) is 39.4. The molecule has 0 aliphatic heterocycles. The summed E-state index contributed by atoms with van der Waals surface area (Å²) in [6, 6.07) is 21.1. The zero-order valence-electron chi connectivity index (χ0n) is 26.6. The first kappa shape index (κ1) is 39.3. The average Bonchev–Trinajstić information content (AvgIpc) is 3.55. The molecule has 0 atom stereocenters. The number of nitrogen functional groups attached to an aromatic ring is 1. The van der Waals surface area contributed by atoms with E-state index in [2.05, 4.69) is 24.6 Å². The van der Waals surface area contributed by atoms with Crippen LogP contribution in [0.15, 0.2) is 95.7 Å². The van der Waals surface area contributed by atoms with Gasteiger partial charge in [-0.1, -0.05) is 40.9 Å². The number of carbonyl (C=O) groups is 2. The SMILES string of the molecule is Cc1ccc(C(=O)O)cc1Cl.Nc1ncccc1O.[C-]#[N+]Cc1ccc(-c2nc3ncccc3o2)cc1Cl.[C-]#[N+]Cc1ccc(C(=O)O)cc1Cl. The fraction of sp³-hybridized carbons (Fsp3) is 0.0833. The molecule has 15 heteroatoms. The van der Waals surface area contributed by atoms with Gasteiger partial charge in [0, 0.05) is 34.1 Å². The maximum Gasteiger partial charge on any atom is 0.335 e. The lowest BCUT2D eigenvalue weighted by atomic mass is 10.1. The van der Waals surface area contributed by atoms with Gasteiger partial charge < -0.3 is 35.2 Å². The molecule has 3 aromatic carbocycles. The van der Waals surface area contributed by atoms with E-state index in [9.17, 15) is 9.59 Å². The molecule has 6 rings (SSSR count). The molecule has 0 aliphatic rings. The third-order valence-corrected chi connectivity index (χ3v) is 7.61. The Morgan fingerprint density at radius 2 is 1.33 bits per heavy atom. The van der Waals surface area contributed by atoms with E-state index >= 15 is 0 Å². The zero-order chi connectivity index (χ0) is 37.5. The molecule has 51 heavy (non-hydrogen) atoms. The second kappa shape index (κ2) is 19.1. The molecule has 5 N–H and O–H groups in total. The van der Waals surface area contributed by atoms with Crippen molar-refractivity contribution in [3.05, 3.63) is 157 Å². The van der Waals surface area contributed by atoms with Crippen LogP contribution in [0.25, 0.3) is 32.4 Å². The van der Waals surface area contributed by atoms with Gasteiger partial charge in [0.05, 0.1) is 21.2 Å². The van der Waals surface area contributed by atoms with E-state index < -0.39 is 11.9 Å². The average molecular weight is 746 g/mol. The van der Waals surface area contributed by atoms with Gasteiger partial charge in [-0.3, -0.25) is 0 Å². The number of hydrogen-bond acceptors (Lipinski definition) is 8. The van der Waals surface area contributed by atoms with Crippen molar-refractivity contribution < 1.29 is 29.3 Å². The van der Waals surface area contributed by atoms with Gasteiger partial charge in [-0.15, -0.1) is 0 Å². The fourth-order valence-corrected chi connectivity index (χ4v) is 4.48. The van der Waals surface area contributed by atoms with E-state index in [0.29, 0.717) is 37.8 Å². The highest BCUT2D eigenvalue weighted by molar-refractivity contribution is 6.32. The summed E-state index contributed by atoms with van der Waals surface area (Å²) in [7, 11) is 0. The van der Waals surface area contributed by atoms with Crippen LogP contribution in [0.4, 0.5) is 5.82 Å². The van der Waals surface area contributed by atoms with Crippen LogP contribution < -0.4 is 5.73 Å². The van der Waals surface area contributed by atoms with Crippen molar-refractivity contribution >= 4 is 63.8 Å². The lowest BCUT2D eigenvalue weighted by molar-refractivity contribution is 0.0686. The molecule has 3 heterocycles. The second-order valence-electron chi connectivity index (χ2n) is 10.1. The fourth-order valence-electron chi connectivity index (χ4n) is 3.81. The zero-order valence-corrected chi connectivity index (χ0v) is 28.9. The predicted octanol–water partition coefficient (Wildman–Crippen LogP) is 9.14. The van der Waals surface area contributed by atoms with Crippen LogP contribution in [-0.4, -0.2) is 42.2 Å². The Hall–Kier alpha value is -6.18. The topological polar surface area (TPSA) is 181 Å². The maximum absolute atomic E-state index is 10.5. The summed E-state index contributed by atoms with van der Waals surface area (Å²) >= 11 is 17.6. The third kappa shape index (κ3) is 11.7. The van der Waals surface area contributed by atoms with Gasteiger partial charge in [-0.25, -0.2) is 32.7 Å². The number of carboxylic acid groups (broad SMARTS) is 2. The number of aromatic nitrogens is 3. The number of anilines is 1. The number of carboxylic acids is 2. The van der Waals surface area contributed by atoms with Crippen LogP contribution in [0, 0.1) is 20.1 Å². The smallest absolute Gasteiger partial charge is 0.335 e. The summed E-state index contributed by atoms with van der Waals surface area (Å²) in [5.41, 5.74) is 9.84. The summed E-state index contributed by atoms with van der Waals surface area (Å²) in [6.07, 6.45) is 3.19. The number of oxazole rings is 1. The number of nitrogens with zero attached hydrogens (tertiary/aromatic N) is 5. The van der Waals surface area contributed by atoms with Gasteiger partial charge in [0.1, 0.15) is 0 Å². The highest BCUT2D eigenvalue weighted by Gasteiger charge is 2.12. The Kier molecular flexibility index (Phi) is 14.7. The lowest BCUT2D eigenvalue weighted by Gasteiger charge is -1.99. The second-order valence-corrected chi connectivity index (χ2v) is 11.3. The number of aryl methyl sites for hydroxylation is 1. The summed E-state index contributed by atoms with van der Waals surface area (Å²) in [5, 5.41) is 27.2. The minimum absolute atomic E-state index is 0.0347. The molecule has 0 bridgehead atoms. The minimum atomic E-state index is -1.02. The van der Waals surface area contributed by atoms with Crippen molar-refractivity contribution in [3.8, 4) is 17.2 Å². The van der Waals surface area contributed by atoms with Crippen LogP contribution >= 0.6 is 34.8 Å². The van der Waals surface area contributed by atoms with Crippen molar-refractivity contribution in [2.75, 3.05) is 5.73 Å². The minimum Gasteiger partial charge on any atom is -0.504 e. The van der Waals surface area contributed by atoms with Gasteiger partial charge in [0.25, 0.3) is 0 Å². The third-order valence-electron chi connectivity index (χ3n) is 6.50. The van der Waals surface area contributed by atoms with Crippen LogP contribution in [0.2, 0.25) is 15.1 Å². The molecule has 0 spiro atoms. The summed E-state index contributed by atoms with van der Waals surface area (Å²) in [6.45, 7) is 15.8. The number of hydrogen-bond donors (Lipinski definition) is 4. The maximum atomic E-state index is 10.5. The van der Waals surface area contributed by atoms with Gasteiger partial charge in [0.2, 0.25) is 19.0 Å². The Balaban J connectivity index is 0.000000193. The molecule has 258 valence electrons.